The fraction of sp³-hybridized carbons (Fsp3) is 0.345. The Morgan fingerprint density at radius 3 is 2.34 bits per heavy atom. The predicted octanol–water partition coefficient (Wildman–Crippen LogP) is 5.32. The summed E-state index contributed by atoms with van der Waals surface area (Å²) in [6.07, 6.45) is 0.946. The van der Waals surface area contributed by atoms with Crippen molar-refractivity contribution in [2.45, 2.75) is 32.5 Å². The van der Waals surface area contributed by atoms with Crippen LogP contribution < -0.4 is 9.47 Å². The molecule has 2 heterocycles. The fourth-order valence-electron chi connectivity index (χ4n) is 3.84. The van der Waals surface area contributed by atoms with Gasteiger partial charge in [-0.25, -0.2) is 14.8 Å². The fourth-order valence-corrected chi connectivity index (χ4v) is 3.84. The lowest BCUT2D eigenvalue weighted by molar-refractivity contribution is -0.161. The SMILES string of the molecule is COc1ccc(-c2c(-c3ccccc3)oc3ncnc(OCC(COCC(=O)OC(C)(C)C)OC)c23)cc1. The van der Waals surface area contributed by atoms with Gasteiger partial charge in [0.25, 0.3) is 0 Å². The highest BCUT2D eigenvalue weighted by molar-refractivity contribution is 6.03. The van der Waals surface area contributed by atoms with Gasteiger partial charge >= 0.3 is 5.97 Å². The molecule has 0 saturated carbocycles. The molecule has 0 saturated heterocycles. The number of nitrogens with zero attached hydrogens (tertiary/aromatic N) is 2. The van der Waals surface area contributed by atoms with Crippen LogP contribution in [0, 0.1) is 0 Å². The number of carbonyl (C=O) groups is 1. The molecule has 0 N–H and O–H groups in total. The lowest BCUT2D eigenvalue weighted by atomic mass is 9.99. The van der Waals surface area contributed by atoms with E-state index < -0.39 is 17.7 Å². The Kier molecular flexibility index (Phi) is 8.60. The summed E-state index contributed by atoms with van der Waals surface area (Å²) in [5.41, 5.74) is 2.42. The van der Waals surface area contributed by atoms with Gasteiger partial charge in [0.1, 0.15) is 48.1 Å². The van der Waals surface area contributed by atoms with Crippen molar-refractivity contribution in [1.29, 1.82) is 0 Å². The summed E-state index contributed by atoms with van der Waals surface area (Å²) in [4.78, 5) is 20.7. The van der Waals surface area contributed by atoms with Gasteiger partial charge in [0, 0.05) is 18.2 Å². The number of carbonyl (C=O) groups excluding carboxylic acids is 1. The first-order chi connectivity index (χ1) is 18.3. The van der Waals surface area contributed by atoms with Crippen molar-refractivity contribution in [3.8, 4) is 34.1 Å². The van der Waals surface area contributed by atoms with Crippen molar-refractivity contribution in [3.63, 3.8) is 0 Å². The van der Waals surface area contributed by atoms with Crippen LogP contribution in [0.1, 0.15) is 20.8 Å². The molecule has 1 atom stereocenters. The molecule has 4 rings (SSSR count). The maximum absolute atomic E-state index is 11.9. The number of hydrogen-bond donors (Lipinski definition) is 0. The molecule has 0 aliphatic rings. The summed E-state index contributed by atoms with van der Waals surface area (Å²) < 4.78 is 33.9. The number of ether oxygens (including phenoxy) is 5. The van der Waals surface area contributed by atoms with E-state index in [9.17, 15) is 4.79 Å². The first-order valence-electron chi connectivity index (χ1n) is 12.2. The lowest BCUT2D eigenvalue weighted by Gasteiger charge is -2.20. The van der Waals surface area contributed by atoms with Gasteiger partial charge in [-0.2, -0.15) is 0 Å². The van der Waals surface area contributed by atoms with E-state index in [0.29, 0.717) is 22.7 Å². The van der Waals surface area contributed by atoms with Crippen LogP contribution in [0.25, 0.3) is 33.6 Å². The van der Waals surface area contributed by atoms with Gasteiger partial charge in [-0.3, -0.25) is 0 Å². The number of methoxy groups -OCH3 is 2. The van der Waals surface area contributed by atoms with Crippen LogP contribution in [-0.4, -0.2) is 61.7 Å². The van der Waals surface area contributed by atoms with Gasteiger partial charge in [0.15, 0.2) is 0 Å². The Morgan fingerprint density at radius 2 is 1.68 bits per heavy atom. The molecule has 9 nitrogen and oxygen atoms in total. The van der Waals surface area contributed by atoms with Crippen LogP contribution in [-0.2, 0) is 19.0 Å². The smallest absolute Gasteiger partial charge is 0.332 e. The number of furan rings is 1. The molecule has 200 valence electrons. The average molecular weight is 521 g/mol. The number of esters is 1. The van der Waals surface area contributed by atoms with Crippen molar-refractivity contribution in [2.75, 3.05) is 34.0 Å². The van der Waals surface area contributed by atoms with E-state index in [2.05, 4.69) is 9.97 Å². The summed E-state index contributed by atoms with van der Waals surface area (Å²) in [5, 5.41) is 0.640. The largest absolute Gasteiger partial charge is 0.497 e. The maximum atomic E-state index is 11.9. The number of rotatable bonds is 11. The van der Waals surface area contributed by atoms with E-state index in [0.717, 1.165) is 22.4 Å². The van der Waals surface area contributed by atoms with E-state index in [1.165, 1.54) is 6.33 Å². The molecule has 9 heteroatoms. The first-order valence-corrected chi connectivity index (χ1v) is 12.2. The normalized spacial score (nSPS) is 12.3. The van der Waals surface area contributed by atoms with Gasteiger partial charge in [0.2, 0.25) is 11.6 Å². The Balaban J connectivity index is 1.59. The van der Waals surface area contributed by atoms with Gasteiger partial charge in [-0.05, 0) is 38.5 Å². The number of benzene rings is 2. The molecule has 0 aliphatic carbocycles. The third-order valence-corrected chi connectivity index (χ3v) is 5.55. The molecular weight excluding hydrogens is 488 g/mol. The number of fused-ring (bicyclic) bond motifs is 1. The third kappa shape index (κ3) is 6.67. The zero-order valence-electron chi connectivity index (χ0n) is 22.2. The van der Waals surface area contributed by atoms with Crippen LogP contribution >= 0.6 is 0 Å². The monoisotopic (exact) mass is 520 g/mol. The molecular formula is C29H32N2O7. The molecule has 1 unspecified atom stereocenters. The molecule has 0 radical (unpaired) electrons. The van der Waals surface area contributed by atoms with Gasteiger partial charge in [-0.15, -0.1) is 0 Å². The van der Waals surface area contributed by atoms with E-state index >= 15 is 0 Å². The molecule has 0 amide bonds. The predicted molar refractivity (Wildman–Crippen MR) is 142 cm³/mol. The van der Waals surface area contributed by atoms with Crippen LogP contribution in [0.2, 0.25) is 0 Å². The molecule has 2 aromatic heterocycles. The van der Waals surface area contributed by atoms with E-state index in [1.807, 2.05) is 54.6 Å². The molecule has 2 aromatic carbocycles. The molecule has 0 fully saturated rings. The number of hydrogen-bond acceptors (Lipinski definition) is 9. The van der Waals surface area contributed by atoms with Gasteiger partial charge < -0.3 is 28.1 Å². The Labute approximate surface area is 221 Å². The maximum Gasteiger partial charge on any atom is 0.332 e. The third-order valence-electron chi connectivity index (χ3n) is 5.55. The average Bonchev–Trinajstić information content (AvgIpc) is 3.30. The topological polar surface area (TPSA) is 102 Å². The zero-order chi connectivity index (χ0) is 27.1. The van der Waals surface area contributed by atoms with E-state index in [-0.39, 0.29) is 19.8 Å². The van der Waals surface area contributed by atoms with E-state index in [4.69, 9.17) is 28.1 Å². The minimum atomic E-state index is -0.576. The van der Waals surface area contributed by atoms with Crippen LogP contribution in [0.15, 0.2) is 65.3 Å². The second-order valence-electron chi connectivity index (χ2n) is 9.53. The molecule has 4 aromatic rings. The summed E-state index contributed by atoms with van der Waals surface area (Å²) in [6.45, 7) is 5.49. The van der Waals surface area contributed by atoms with Crippen molar-refractivity contribution in [3.05, 3.63) is 60.9 Å². The minimum Gasteiger partial charge on any atom is -0.497 e. The Hall–Kier alpha value is -3.95. The summed E-state index contributed by atoms with van der Waals surface area (Å²) in [5.74, 6) is 1.30. The standard InChI is InChI=1S/C29H32N2O7/c1-29(2,3)38-23(32)17-35-15-22(34-5)16-36-27-25-24(19-11-13-21(33-4)14-12-19)26(20-9-7-6-8-10-20)37-28(25)31-18-30-27/h6-14,18,22H,15-17H2,1-5H3. The first kappa shape index (κ1) is 27.1. The quantitative estimate of drug-likeness (QED) is 0.243. The number of aromatic nitrogens is 2. The summed E-state index contributed by atoms with van der Waals surface area (Å²) in [7, 11) is 3.18. The summed E-state index contributed by atoms with van der Waals surface area (Å²) >= 11 is 0. The second-order valence-corrected chi connectivity index (χ2v) is 9.53. The Bertz CT molecular complexity index is 1350. The molecule has 0 spiro atoms. The highest BCUT2D eigenvalue weighted by atomic mass is 16.6. The summed E-state index contributed by atoms with van der Waals surface area (Å²) in [6, 6.07) is 17.5. The molecule has 38 heavy (non-hydrogen) atoms. The van der Waals surface area contributed by atoms with Crippen molar-refractivity contribution < 1.29 is 32.9 Å². The van der Waals surface area contributed by atoms with Gasteiger partial charge in [-0.1, -0.05) is 42.5 Å². The van der Waals surface area contributed by atoms with Crippen molar-refractivity contribution in [2.24, 2.45) is 0 Å². The van der Waals surface area contributed by atoms with E-state index in [1.54, 1.807) is 35.0 Å². The van der Waals surface area contributed by atoms with Gasteiger partial charge in [0.05, 0.1) is 13.7 Å². The highest BCUT2D eigenvalue weighted by Gasteiger charge is 2.24. The zero-order valence-corrected chi connectivity index (χ0v) is 22.2. The molecule has 0 bridgehead atoms. The molecule has 0 aliphatic heterocycles. The van der Waals surface area contributed by atoms with Crippen molar-refractivity contribution >= 4 is 17.1 Å². The van der Waals surface area contributed by atoms with Crippen molar-refractivity contribution in [1.82, 2.24) is 9.97 Å². The highest BCUT2D eigenvalue weighted by Crippen LogP contribution is 2.43. The minimum absolute atomic E-state index is 0.130. The van der Waals surface area contributed by atoms with Crippen LogP contribution in [0.3, 0.4) is 0 Å². The Morgan fingerprint density at radius 1 is 0.947 bits per heavy atom. The van der Waals surface area contributed by atoms with Crippen LogP contribution in [0.5, 0.6) is 11.6 Å². The lowest BCUT2D eigenvalue weighted by Crippen LogP contribution is -2.30. The van der Waals surface area contributed by atoms with Crippen LogP contribution in [0.4, 0.5) is 0 Å². The second kappa shape index (κ2) is 12.1.